The molecule has 1 amide bonds. The molecule has 1 saturated carbocycles. The molecule has 3 rings (SSSR count). The number of likely N-dealkylation sites (tertiary alicyclic amines) is 1. The molecule has 4 atom stereocenters. The maximum Gasteiger partial charge on any atom is 0.306 e. The van der Waals surface area contributed by atoms with Crippen LogP contribution in [0.15, 0.2) is 0 Å². The summed E-state index contributed by atoms with van der Waals surface area (Å²) in [5, 5.41) is 12.3. The van der Waals surface area contributed by atoms with Crippen molar-refractivity contribution < 1.29 is 14.7 Å². The molecule has 19 heavy (non-hydrogen) atoms. The van der Waals surface area contributed by atoms with Gasteiger partial charge in [0.1, 0.15) is 0 Å². The van der Waals surface area contributed by atoms with Crippen LogP contribution in [-0.2, 0) is 9.59 Å². The van der Waals surface area contributed by atoms with Gasteiger partial charge in [-0.2, -0.15) is 0 Å². The van der Waals surface area contributed by atoms with E-state index >= 15 is 0 Å². The molecule has 5 heteroatoms. The van der Waals surface area contributed by atoms with Crippen LogP contribution in [0, 0.1) is 23.7 Å². The fraction of sp³-hybridized carbons (Fsp3) is 0.857. The second kappa shape index (κ2) is 4.78. The van der Waals surface area contributed by atoms with Gasteiger partial charge >= 0.3 is 5.97 Å². The highest BCUT2D eigenvalue weighted by Gasteiger charge is 2.46. The zero-order valence-corrected chi connectivity index (χ0v) is 11.3. The van der Waals surface area contributed by atoms with Crippen molar-refractivity contribution in [3.63, 3.8) is 0 Å². The monoisotopic (exact) mass is 266 g/mol. The maximum absolute atomic E-state index is 12.4. The van der Waals surface area contributed by atoms with Crippen molar-refractivity contribution in [3.8, 4) is 0 Å². The Labute approximate surface area is 113 Å². The average molecular weight is 266 g/mol. The standard InChI is InChI=1S/C14H22N2O3/c1-8(14(18)19)10-6-16(7-10)13(17)12-11-4-2-3-9(11)5-15-12/h8-12,15H,2-7H2,1H3,(H,18,19). The molecule has 2 heterocycles. The summed E-state index contributed by atoms with van der Waals surface area (Å²) in [7, 11) is 0. The Morgan fingerprint density at radius 3 is 2.74 bits per heavy atom. The van der Waals surface area contributed by atoms with E-state index in [2.05, 4.69) is 5.32 Å². The first-order valence-corrected chi connectivity index (χ1v) is 7.33. The van der Waals surface area contributed by atoms with Gasteiger partial charge in [-0.1, -0.05) is 13.3 Å². The van der Waals surface area contributed by atoms with Gasteiger partial charge in [0.15, 0.2) is 0 Å². The van der Waals surface area contributed by atoms with Crippen molar-refractivity contribution in [3.05, 3.63) is 0 Å². The lowest BCUT2D eigenvalue weighted by molar-refractivity contribution is -0.151. The van der Waals surface area contributed by atoms with Crippen molar-refractivity contribution >= 4 is 11.9 Å². The van der Waals surface area contributed by atoms with Crippen LogP contribution in [0.4, 0.5) is 0 Å². The van der Waals surface area contributed by atoms with E-state index in [1.165, 1.54) is 12.8 Å². The predicted molar refractivity (Wildman–Crippen MR) is 69.5 cm³/mol. The second-order valence-corrected chi connectivity index (χ2v) is 6.37. The molecule has 4 unspecified atom stereocenters. The zero-order chi connectivity index (χ0) is 13.6. The van der Waals surface area contributed by atoms with E-state index in [0.717, 1.165) is 13.0 Å². The van der Waals surface area contributed by atoms with E-state index in [4.69, 9.17) is 5.11 Å². The lowest BCUT2D eigenvalue weighted by Gasteiger charge is -2.43. The highest BCUT2D eigenvalue weighted by atomic mass is 16.4. The van der Waals surface area contributed by atoms with Gasteiger partial charge in [0.05, 0.1) is 12.0 Å². The van der Waals surface area contributed by atoms with Gasteiger partial charge in [-0.25, -0.2) is 0 Å². The Kier molecular flexibility index (Phi) is 3.25. The molecule has 2 saturated heterocycles. The van der Waals surface area contributed by atoms with Crippen molar-refractivity contribution in [2.45, 2.75) is 32.2 Å². The Bertz CT molecular complexity index is 392. The molecular weight excluding hydrogens is 244 g/mol. The SMILES string of the molecule is CC(C(=O)O)C1CN(C(=O)C2NCC3CCCC32)C1. The molecule has 0 aromatic carbocycles. The summed E-state index contributed by atoms with van der Waals surface area (Å²) < 4.78 is 0. The Hall–Kier alpha value is -1.10. The first-order valence-electron chi connectivity index (χ1n) is 7.33. The lowest BCUT2D eigenvalue weighted by atomic mass is 9.85. The molecule has 2 aliphatic heterocycles. The minimum Gasteiger partial charge on any atom is -0.481 e. The van der Waals surface area contributed by atoms with Gasteiger partial charge in [-0.3, -0.25) is 9.59 Å². The molecule has 1 aliphatic carbocycles. The van der Waals surface area contributed by atoms with Crippen molar-refractivity contribution in [2.24, 2.45) is 23.7 Å². The first-order chi connectivity index (χ1) is 9.08. The molecule has 3 aliphatic rings. The smallest absolute Gasteiger partial charge is 0.306 e. The fourth-order valence-electron chi connectivity index (χ4n) is 3.87. The minimum atomic E-state index is -0.757. The third kappa shape index (κ3) is 2.14. The quantitative estimate of drug-likeness (QED) is 0.783. The van der Waals surface area contributed by atoms with Gasteiger partial charge < -0.3 is 15.3 Å². The summed E-state index contributed by atoms with van der Waals surface area (Å²) in [6.07, 6.45) is 3.66. The number of carbonyl (C=O) groups excluding carboxylic acids is 1. The number of aliphatic carboxylic acids is 1. The van der Waals surface area contributed by atoms with Crippen LogP contribution >= 0.6 is 0 Å². The van der Waals surface area contributed by atoms with E-state index < -0.39 is 5.97 Å². The normalized spacial score (nSPS) is 35.8. The van der Waals surface area contributed by atoms with Gasteiger partial charge in [-0.05, 0) is 31.2 Å². The number of hydrogen-bond donors (Lipinski definition) is 2. The Balaban J connectivity index is 1.54. The molecule has 0 bridgehead atoms. The van der Waals surface area contributed by atoms with Gasteiger partial charge in [0.2, 0.25) is 5.91 Å². The third-order valence-electron chi connectivity index (χ3n) is 5.33. The van der Waals surface area contributed by atoms with Gasteiger partial charge in [0.25, 0.3) is 0 Å². The van der Waals surface area contributed by atoms with Crippen LogP contribution in [-0.4, -0.2) is 47.6 Å². The molecule has 2 N–H and O–H groups in total. The van der Waals surface area contributed by atoms with Gasteiger partial charge in [-0.15, -0.1) is 0 Å². The van der Waals surface area contributed by atoms with Crippen LogP contribution < -0.4 is 5.32 Å². The summed E-state index contributed by atoms with van der Waals surface area (Å²) in [6.45, 7) is 3.93. The molecule has 0 aromatic heterocycles. The fourth-order valence-corrected chi connectivity index (χ4v) is 3.87. The summed E-state index contributed by atoms with van der Waals surface area (Å²) in [5.74, 6) is 0.421. The largest absolute Gasteiger partial charge is 0.481 e. The van der Waals surface area contributed by atoms with E-state index in [1.54, 1.807) is 6.92 Å². The second-order valence-electron chi connectivity index (χ2n) is 6.37. The number of amides is 1. The number of nitrogens with zero attached hydrogens (tertiary/aromatic N) is 1. The number of carboxylic acid groups (broad SMARTS) is 1. The van der Waals surface area contributed by atoms with Gasteiger partial charge in [0, 0.05) is 19.0 Å². The molecule has 0 spiro atoms. The summed E-state index contributed by atoms with van der Waals surface area (Å²) in [4.78, 5) is 25.2. The third-order valence-corrected chi connectivity index (χ3v) is 5.33. The zero-order valence-electron chi connectivity index (χ0n) is 11.3. The van der Waals surface area contributed by atoms with E-state index in [9.17, 15) is 9.59 Å². The van der Waals surface area contributed by atoms with E-state index in [1.807, 2.05) is 4.90 Å². The molecule has 3 fully saturated rings. The Morgan fingerprint density at radius 1 is 1.32 bits per heavy atom. The minimum absolute atomic E-state index is 0.00594. The number of hydrogen-bond acceptors (Lipinski definition) is 3. The molecule has 106 valence electrons. The predicted octanol–water partition coefficient (Wildman–Crippen LogP) is 0.554. The number of nitrogens with one attached hydrogen (secondary N) is 1. The lowest BCUT2D eigenvalue weighted by Crippen LogP contribution is -2.58. The van der Waals surface area contributed by atoms with Crippen LogP contribution in [0.25, 0.3) is 0 Å². The van der Waals surface area contributed by atoms with Crippen LogP contribution in [0.3, 0.4) is 0 Å². The summed E-state index contributed by atoms with van der Waals surface area (Å²) in [6, 6.07) is -0.00594. The molecular formula is C14H22N2O3. The van der Waals surface area contributed by atoms with Crippen molar-refractivity contribution in [1.29, 1.82) is 0 Å². The van der Waals surface area contributed by atoms with Crippen LogP contribution in [0.1, 0.15) is 26.2 Å². The van der Waals surface area contributed by atoms with E-state index in [-0.39, 0.29) is 23.8 Å². The highest BCUT2D eigenvalue weighted by Crippen LogP contribution is 2.39. The van der Waals surface area contributed by atoms with Crippen LogP contribution in [0.2, 0.25) is 0 Å². The number of carboxylic acids is 1. The van der Waals surface area contributed by atoms with E-state index in [0.29, 0.717) is 24.9 Å². The molecule has 0 aromatic rings. The molecule has 0 radical (unpaired) electrons. The summed E-state index contributed by atoms with van der Waals surface area (Å²) in [5.41, 5.74) is 0. The summed E-state index contributed by atoms with van der Waals surface area (Å²) >= 11 is 0. The topological polar surface area (TPSA) is 69.6 Å². The highest BCUT2D eigenvalue weighted by molar-refractivity contribution is 5.83. The first kappa shape index (κ1) is 12.9. The molecule has 5 nitrogen and oxygen atoms in total. The average Bonchev–Trinajstić information content (AvgIpc) is 2.87. The number of fused-ring (bicyclic) bond motifs is 1. The van der Waals surface area contributed by atoms with Crippen LogP contribution in [0.5, 0.6) is 0 Å². The van der Waals surface area contributed by atoms with Crippen molar-refractivity contribution in [1.82, 2.24) is 10.2 Å². The van der Waals surface area contributed by atoms with Crippen molar-refractivity contribution in [2.75, 3.05) is 19.6 Å². The number of rotatable bonds is 3. The Morgan fingerprint density at radius 2 is 2.05 bits per heavy atom. The number of carbonyl (C=O) groups is 2. The maximum atomic E-state index is 12.4.